The van der Waals surface area contributed by atoms with Crippen LogP contribution in [0.3, 0.4) is 0 Å². The zero-order valence-corrected chi connectivity index (χ0v) is 17.0. The molecule has 0 atom stereocenters. The van der Waals surface area contributed by atoms with E-state index in [9.17, 15) is 23.3 Å². The Kier molecular flexibility index (Phi) is 5.85. The summed E-state index contributed by atoms with van der Waals surface area (Å²) in [7, 11) is -4.02. The van der Waals surface area contributed by atoms with Gasteiger partial charge in [-0.15, -0.1) is 0 Å². The van der Waals surface area contributed by atoms with E-state index in [0.717, 1.165) is 11.1 Å². The zero-order chi connectivity index (χ0) is 21.2. The van der Waals surface area contributed by atoms with Gasteiger partial charge in [-0.2, -0.15) is 4.31 Å². The first-order chi connectivity index (χ1) is 13.7. The fourth-order valence-electron chi connectivity index (χ4n) is 3.24. The average Bonchev–Trinajstić information content (AvgIpc) is 2.70. The Morgan fingerprint density at radius 1 is 1.07 bits per heavy atom. The second kappa shape index (κ2) is 8.18. The van der Waals surface area contributed by atoms with Gasteiger partial charge in [0, 0.05) is 37.9 Å². The molecule has 1 N–H and O–H groups in total. The molecule has 1 heterocycles. The van der Waals surface area contributed by atoms with E-state index >= 15 is 0 Å². The Hall–Kier alpha value is -2.98. The second-order valence-corrected chi connectivity index (χ2v) is 8.77. The molecule has 2 amide bonds. The number of rotatable bonds is 4. The molecule has 1 aliphatic rings. The van der Waals surface area contributed by atoms with Crippen molar-refractivity contribution >= 4 is 27.4 Å². The first kappa shape index (κ1) is 20.7. The van der Waals surface area contributed by atoms with Gasteiger partial charge < -0.3 is 10.2 Å². The van der Waals surface area contributed by atoms with Crippen molar-refractivity contribution < 1.29 is 18.1 Å². The number of carbonyl (C=O) groups excluding carboxylic acids is 1. The fourth-order valence-corrected chi connectivity index (χ4v) is 4.82. The highest BCUT2D eigenvalue weighted by Gasteiger charge is 2.34. The smallest absolute Gasteiger partial charge is 0.321 e. The van der Waals surface area contributed by atoms with E-state index in [0.29, 0.717) is 5.69 Å². The number of para-hydroxylation sites is 1. The summed E-state index contributed by atoms with van der Waals surface area (Å²) in [6.07, 6.45) is 0. The lowest BCUT2D eigenvalue weighted by atomic mass is 10.1. The summed E-state index contributed by atoms with van der Waals surface area (Å²) in [5.41, 5.74) is 2.28. The van der Waals surface area contributed by atoms with Gasteiger partial charge in [0.2, 0.25) is 10.0 Å². The second-order valence-electron chi connectivity index (χ2n) is 6.86. The van der Waals surface area contributed by atoms with Gasteiger partial charge in [-0.05, 0) is 31.5 Å². The monoisotopic (exact) mass is 418 g/mol. The van der Waals surface area contributed by atoms with Crippen molar-refractivity contribution in [2.75, 3.05) is 31.5 Å². The molecule has 0 bridgehead atoms. The van der Waals surface area contributed by atoms with E-state index in [4.69, 9.17) is 0 Å². The molecule has 0 saturated carbocycles. The average molecular weight is 418 g/mol. The highest BCUT2D eigenvalue weighted by atomic mass is 32.2. The molecular weight excluding hydrogens is 396 g/mol. The summed E-state index contributed by atoms with van der Waals surface area (Å²) in [5, 5.41) is 14.0. The Labute approximate surface area is 169 Å². The van der Waals surface area contributed by atoms with E-state index in [2.05, 4.69) is 5.32 Å². The van der Waals surface area contributed by atoms with E-state index in [1.807, 2.05) is 32.0 Å². The molecule has 154 valence electrons. The van der Waals surface area contributed by atoms with Crippen LogP contribution in [0.4, 0.5) is 16.2 Å². The quantitative estimate of drug-likeness (QED) is 0.606. The van der Waals surface area contributed by atoms with E-state index in [-0.39, 0.29) is 37.1 Å². The summed E-state index contributed by atoms with van der Waals surface area (Å²) in [5.74, 6) is 0. The Morgan fingerprint density at radius 3 is 2.34 bits per heavy atom. The SMILES string of the molecule is Cc1ccc(NC(=O)N2CCN(S(=O)(=O)c3ccccc3[N+](=O)[O-])CC2)c(C)c1. The van der Waals surface area contributed by atoms with Crippen LogP contribution < -0.4 is 5.32 Å². The maximum Gasteiger partial charge on any atom is 0.321 e. The number of carbonyl (C=O) groups is 1. The molecule has 0 unspecified atom stereocenters. The Balaban J connectivity index is 1.68. The fraction of sp³-hybridized carbons (Fsp3) is 0.316. The minimum atomic E-state index is -4.02. The Bertz CT molecular complexity index is 1050. The predicted octanol–water partition coefficient (Wildman–Crippen LogP) is 2.75. The number of hydrogen-bond acceptors (Lipinski definition) is 5. The summed E-state index contributed by atoms with van der Waals surface area (Å²) in [4.78, 5) is 24.2. The van der Waals surface area contributed by atoms with Crippen molar-refractivity contribution in [2.24, 2.45) is 0 Å². The van der Waals surface area contributed by atoms with Gasteiger partial charge in [0.15, 0.2) is 4.90 Å². The van der Waals surface area contributed by atoms with E-state index in [1.54, 1.807) is 0 Å². The normalized spacial score (nSPS) is 15.2. The van der Waals surface area contributed by atoms with E-state index < -0.39 is 20.6 Å². The number of hydrogen-bond donors (Lipinski definition) is 1. The Morgan fingerprint density at radius 2 is 1.72 bits per heavy atom. The molecule has 1 saturated heterocycles. The zero-order valence-electron chi connectivity index (χ0n) is 16.2. The third-order valence-corrected chi connectivity index (χ3v) is 6.78. The third kappa shape index (κ3) is 4.38. The van der Waals surface area contributed by atoms with Crippen LogP contribution in [0, 0.1) is 24.0 Å². The number of benzene rings is 2. The van der Waals surface area contributed by atoms with Gasteiger partial charge >= 0.3 is 6.03 Å². The molecule has 9 nitrogen and oxygen atoms in total. The standard InChI is InChI=1S/C19H22N4O5S/c1-14-7-8-16(15(2)13-14)20-19(24)21-9-11-22(12-10-21)29(27,28)18-6-4-3-5-17(18)23(25)26/h3-8,13H,9-12H2,1-2H3,(H,20,24). The number of anilines is 1. The lowest BCUT2D eigenvalue weighted by molar-refractivity contribution is -0.387. The molecule has 0 aliphatic carbocycles. The molecule has 1 fully saturated rings. The number of nitro benzene ring substituents is 1. The number of piperazine rings is 1. The topological polar surface area (TPSA) is 113 Å². The van der Waals surface area contributed by atoms with Gasteiger partial charge in [-0.1, -0.05) is 29.8 Å². The molecule has 3 rings (SSSR count). The minimum Gasteiger partial charge on any atom is -0.322 e. The van der Waals surface area contributed by atoms with Crippen LogP contribution in [0.2, 0.25) is 0 Å². The third-order valence-electron chi connectivity index (χ3n) is 4.83. The number of nitrogens with zero attached hydrogens (tertiary/aromatic N) is 3. The number of sulfonamides is 1. The van der Waals surface area contributed by atoms with Crippen LogP contribution >= 0.6 is 0 Å². The molecule has 10 heteroatoms. The summed E-state index contributed by atoms with van der Waals surface area (Å²) < 4.78 is 26.9. The molecular formula is C19H22N4O5S. The summed E-state index contributed by atoms with van der Waals surface area (Å²) in [6, 6.07) is 10.7. The summed E-state index contributed by atoms with van der Waals surface area (Å²) >= 11 is 0. The van der Waals surface area contributed by atoms with Crippen LogP contribution in [-0.4, -0.2) is 54.8 Å². The minimum absolute atomic E-state index is 0.0642. The van der Waals surface area contributed by atoms with Crippen LogP contribution in [-0.2, 0) is 10.0 Å². The number of nitro groups is 1. The van der Waals surface area contributed by atoms with Gasteiger partial charge in [0.25, 0.3) is 5.69 Å². The van der Waals surface area contributed by atoms with Gasteiger partial charge in [-0.25, -0.2) is 13.2 Å². The molecule has 2 aromatic rings. The first-order valence-electron chi connectivity index (χ1n) is 9.07. The van der Waals surface area contributed by atoms with E-state index in [1.165, 1.54) is 33.5 Å². The lowest BCUT2D eigenvalue weighted by Crippen LogP contribution is -2.51. The maximum atomic E-state index is 12.9. The largest absolute Gasteiger partial charge is 0.322 e. The van der Waals surface area contributed by atoms with Gasteiger partial charge in [0.1, 0.15) is 0 Å². The molecule has 2 aromatic carbocycles. The number of urea groups is 1. The van der Waals surface area contributed by atoms with Gasteiger partial charge in [-0.3, -0.25) is 10.1 Å². The van der Waals surface area contributed by atoms with Crippen LogP contribution in [0.5, 0.6) is 0 Å². The van der Waals surface area contributed by atoms with Crippen LogP contribution in [0.1, 0.15) is 11.1 Å². The lowest BCUT2D eigenvalue weighted by Gasteiger charge is -2.34. The van der Waals surface area contributed by atoms with Crippen molar-refractivity contribution in [1.82, 2.24) is 9.21 Å². The molecule has 0 spiro atoms. The molecule has 0 aromatic heterocycles. The van der Waals surface area contributed by atoms with Crippen molar-refractivity contribution in [2.45, 2.75) is 18.7 Å². The molecule has 29 heavy (non-hydrogen) atoms. The van der Waals surface area contributed by atoms with Crippen molar-refractivity contribution in [3.63, 3.8) is 0 Å². The van der Waals surface area contributed by atoms with Crippen LogP contribution in [0.15, 0.2) is 47.4 Å². The first-order valence-corrected chi connectivity index (χ1v) is 10.5. The molecule has 0 radical (unpaired) electrons. The van der Waals surface area contributed by atoms with Crippen molar-refractivity contribution in [1.29, 1.82) is 0 Å². The number of amides is 2. The highest BCUT2D eigenvalue weighted by Crippen LogP contribution is 2.27. The van der Waals surface area contributed by atoms with Crippen molar-refractivity contribution in [3.05, 3.63) is 63.7 Å². The molecule has 1 aliphatic heterocycles. The highest BCUT2D eigenvalue weighted by molar-refractivity contribution is 7.89. The summed E-state index contributed by atoms with van der Waals surface area (Å²) in [6.45, 7) is 4.38. The predicted molar refractivity (Wildman–Crippen MR) is 108 cm³/mol. The maximum absolute atomic E-state index is 12.9. The van der Waals surface area contributed by atoms with Crippen molar-refractivity contribution in [3.8, 4) is 0 Å². The number of aryl methyl sites for hydroxylation is 2. The van der Waals surface area contributed by atoms with Gasteiger partial charge in [0.05, 0.1) is 4.92 Å². The number of nitrogens with one attached hydrogen (secondary N) is 1. The van der Waals surface area contributed by atoms with Crippen LogP contribution in [0.25, 0.3) is 0 Å².